The van der Waals surface area contributed by atoms with Crippen molar-refractivity contribution < 1.29 is 18.4 Å². The Morgan fingerprint density at radius 1 is 1.06 bits per heavy atom. The van der Waals surface area contributed by atoms with E-state index in [2.05, 4.69) is 5.16 Å². The van der Waals surface area contributed by atoms with E-state index >= 15 is 0 Å². The van der Waals surface area contributed by atoms with Crippen molar-refractivity contribution >= 4 is 5.71 Å². The van der Waals surface area contributed by atoms with Crippen LogP contribution < -0.4 is 0 Å². The highest BCUT2D eigenvalue weighted by Gasteiger charge is 2.31. The zero-order valence-electron chi connectivity index (χ0n) is 9.84. The summed E-state index contributed by atoms with van der Waals surface area (Å²) < 4.78 is 37.1. The Hall–Kier alpha value is -1.52. The number of hydrogen-bond donors (Lipinski definition) is 1. The molecule has 0 heterocycles. The van der Waals surface area contributed by atoms with Crippen molar-refractivity contribution in [1.29, 1.82) is 0 Å². The van der Waals surface area contributed by atoms with Crippen LogP contribution in [0.2, 0.25) is 0 Å². The molecular weight excluding hydrogens is 231 g/mol. The quantitative estimate of drug-likeness (QED) is 0.479. The Labute approximate surface area is 97.8 Å². The second-order valence-electron chi connectivity index (χ2n) is 4.39. The van der Waals surface area contributed by atoms with Crippen LogP contribution in [0.3, 0.4) is 0 Å². The molecule has 0 saturated heterocycles. The summed E-state index contributed by atoms with van der Waals surface area (Å²) in [5.74, 6) is 0. The maximum Gasteiger partial charge on any atom is 0.416 e. The lowest BCUT2D eigenvalue weighted by Crippen LogP contribution is -2.26. The van der Waals surface area contributed by atoms with E-state index in [1.54, 1.807) is 20.8 Å². The van der Waals surface area contributed by atoms with Crippen LogP contribution in [0.1, 0.15) is 31.9 Å². The highest BCUT2D eigenvalue weighted by molar-refractivity contribution is 5.91. The molecule has 5 heteroatoms. The first kappa shape index (κ1) is 13.5. The predicted octanol–water partition coefficient (Wildman–Crippen LogP) is 3.83. The van der Waals surface area contributed by atoms with Crippen molar-refractivity contribution in [2.75, 3.05) is 0 Å². The fourth-order valence-corrected chi connectivity index (χ4v) is 1.41. The second kappa shape index (κ2) is 4.39. The summed E-state index contributed by atoms with van der Waals surface area (Å²) in [5, 5.41) is 11.8. The number of alkyl halides is 3. The van der Waals surface area contributed by atoms with Gasteiger partial charge in [0.25, 0.3) is 0 Å². The number of hydrogen-bond acceptors (Lipinski definition) is 2. The first-order valence-corrected chi connectivity index (χ1v) is 5.06. The zero-order chi connectivity index (χ0) is 13.3. The maximum atomic E-state index is 12.4. The largest absolute Gasteiger partial charge is 0.416 e. The molecule has 0 spiro atoms. The van der Waals surface area contributed by atoms with Crippen LogP contribution in [0, 0.1) is 0 Å². The Morgan fingerprint density at radius 3 is 1.82 bits per heavy atom. The average Bonchev–Trinajstić information content (AvgIpc) is 2.27. The molecule has 1 N–H and O–H groups in total. The highest BCUT2D eigenvalue weighted by Crippen LogP contribution is 2.32. The van der Waals surface area contributed by atoms with E-state index < -0.39 is 17.2 Å². The number of benzene rings is 1. The van der Waals surface area contributed by atoms with Crippen LogP contribution >= 0.6 is 0 Å². The lowest BCUT2D eigenvalue weighted by molar-refractivity contribution is -0.137. The van der Waals surface area contributed by atoms with Gasteiger partial charge in [0.05, 0.1) is 11.3 Å². The van der Waals surface area contributed by atoms with Gasteiger partial charge >= 0.3 is 6.18 Å². The molecule has 0 fully saturated rings. The van der Waals surface area contributed by atoms with Crippen molar-refractivity contribution in [1.82, 2.24) is 0 Å². The normalized spacial score (nSPS) is 13.9. The third-order valence-electron chi connectivity index (χ3n) is 2.99. The first-order valence-electron chi connectivity index (χ1n) is 5.06. The van der Waals surface area contributed by atoms with Gasteiger partial charge in [0.1, 0.15) is 0 Å². The Kier molecular flexibility index (Phi) is 3.50. The summed E-state index contributed by atoms with van der Waals surface area (Å²) in [6, 6.07) is 4.86. The maximum absolute atomic E-state index is 12.4. The Bertz CT molecular complexity index is 418. The van der Waals surface area contributed by atoms with E-state index in [1.807, 2.05) is 0 Å². The third kappa shape index (κ3) is 2.78. The molecule has 0 atom stereocenters. The van der Waals surface area contributed by atoms with Crippen LogP contribution in [-0.2, 0) is 11.6 Å². The fraction of sp³-hybridized carbons (Fsp3) is 0.417. The van der Waals surface area contributed by atoms with Crippen molar-refractivity contribution in [3.05, 3.63) is 35.4 Å². The van der Waals surface area contributed by atoms with Crippen molar-refractivity contribution in [3.8, 4) is 0 Å². The molecular formula is C12H14F3NO. The van der Waals surface area contributed by atoms with Crippen molar-refractivity contribution in [2.24, 2.45) is 5.16 Å². The number of oxime groups is 1. The molecule has 94 valence electrons. The lowest BCUT2D eigenvalue weighted by atomic mass is 9.80. The van der Waals surface area contributed by atoms with Gasteiger partial charge in [-0.1, -0.05) is 31.1 Å². The number of nitrogens with zero attached hydrogens (tertiary/aromatic N) is 1. The predicted molar refractivity (Wildman–Crippen MR) is 59.4 cm³/mol. The molecule has 1 aromatic carbocycles. The Morgan fingerprint density at radius 2 is 1.47 bits per heavy atom. The molecule has 0 amide bonds. The van der Waals surface area contributed by atoms with Crippen LogP contribution in [-0.4, -0.2) is 10.9 Å². The summed E-state index contributed by atoms with van der Waals surface area (Å²) in [4.78, 5) is 0. The lowest BCUT2D eigenvalue weighted by Gasteiger charge is -2.24. The molecule has 0 saturated carbocycles. The highest BCUT2D eigenvalue weighted by atomic mass is 19.4. The SMILES string of the molecule is C/C(=N\O)C(C)(C)c1ccc(C(F)(F)F)cc1. The van der Waals surface area contributed by atoms with Crippen LogP contribution in [0.15, 0.2) is 29.4 Å². The van der Waals surface area contributed by atoms with Gasteiger partial charge in [0.15, 0.2) is 0 Å². The molecule has 0 unspecified atom stereocenters. The smallest absolute Gasteiger partial charge is 0.411 e. The molecule has 17 heavy (non-hydrogen) atoms. The van der Waals surface area contributed by atoms with E-state index in [0.717, 1.165) is 12.1 Å². The van der Waals surface area contributed by atoms with Gasteiger partial charge in [-0.05, 0) is 24.6 Å². The molecule has 0 aliphatic rings. The minimum atomic E-state index is -4.33. The zero-order valence-corrected chi connectivity index (χ0v) is 9.84. The minimum Gasteiger partial charge on any atom is -0.411 e. The second-order valence-corrected chi connectivity index (χ2v) is 4.39. The van der Waals surface area contributed by atoms with Gasteiger partial charge in [-0.3, -0.25) is 0 Å². The van der Waals surface area contributed by atoms with Crippen LogP contribution in [0.25, 0.3) is 0 Å². The van der Waals surface area contributed by atoms with E-state index in [0.29, 0.717) is 11.3 Å². The van der Waals surface area contributed by atoms with E-state index in [1.165, 1.54) is 12.1 Å². The van der Waals surface area contributed by atoms with Crippen LogP contribution in [0.4, 0.5) is 13.2 Å². The summed E-state index contributed by atoms with van der Waals surface area (Å²) >= 11 is 0. The van der Waals surface area contributed by atoms with Gasteiger partial charge in [-0.2, -0.15) is 13.2 Å². The van der Waals surface area contributed by atoms with E-state index in [4.69, 9.17) is 5.21 Å². The van der Waals surface area contributed by atoms with Crippen molar-refractivity contribution in [3.63, 3.8) is 0 Å². The van der Waals surface area contributed by atoms with Gasteiger partial charge in [0.2, 0.25) is 0 Å². The monoisotopic (exact) mass is 245 g/mol. The van der Waals surface area contributed by atoms with Gasteiger partial charge in [-0.15, -0.1) is 0 Å². The topological polar surface area (TPSA) is 32.6 Å². The van der Waals surface area contributed by atoms with E-state index in [-0.39, 0.29) is 0 Å². The van der Waals surface area contributed by atoms with Crippen molar-refractivity contribution in [2.45, 2.75) is 32.4 Å². The molecule has 0 aromatic heterocycles. The summed E-state index contributed by atoms with van der Waals surface area (Å²) in [7, 11) is 0. The van der Waals surface area contributed by atoms with Crippen LogP contribution in [0.5, 0.6) is 0 Å². The molecule has 0 aliphatic heterocycles. The fourth-order valence-electron chi connectivity index (χ4n) is 1.41. The first-order chi connectivity index (χ1) is 7.69. The molecule has 0 aliphatic carbocycles. The van der Waals surface area contributed by atoms with E-state index in [9.17, 15) is 13.2 Å². The average molecular weight is 245 g/mol. The summed E-state index contributed by atoms with van der Waals surface area (Å²) in [5.41, 5.74) is -0.174. The Balaban J connectivity index is 3.12. The van der Waals surface area contributed by atoms with Gasteiger partial charge < -0.3 is 5.21 Å². The number of halogens is 3. The third-order valence-corrected chi connectivity index (χ3v) is 2.99. The standard InChI is InChI=1S/C12H14F3NO/c1-8(16-17)11(2,3)9-4-6-10(7-5-9)12(13,14)15/h4-7,17H,1-3H3/b16-8+. The summed E-state index contributed by atoms with van der Waals surface area (Å²) in [6.45, 7) is 5.19. The summed E-state index contributed by atoms with van der Waals surface area (Å²) in [6.07, 6.45) is -4.33. The minimum absolute atomic E-state index is 0.442. The molecule has 1 aromatic rings. The molecule has 0 bridgehead atoms. The van der Waals surface area contributed by atoms with Gasteiger partial charge in [0, 0.05) is 5.41 Å². The molecule has 0 radical (unpaired) electrons. The van der Waals surface area contributed by atoms with Gasteiger partial charge in [-0.25, -0.2) is 0 Å². The number of rotatable bonds is 2. The molecule has 1 rings (SSSR count). The molecule has 2 nitrogen and oxygen atoms in total.